The number of anilines is 8. The van der Waals surface area contributed by atoms with Crippen molar-refractivity contribution in [2.75, 3.05) is 44.2 Å². The summed E-state index contributed by atoms with van der Waals surface area (Å²) in [4.78, 5) is 62.8. The molecule has 0 spiro atoms. The molecule has 8 aromatic rings. The maximum absolute atomic E-state index is 13.1. The van der Waals surface area contributed by atoms with Crippen LogP contribution in [0.3, 0.4) is 0 Å². The van der Waals surface area contributed by atoms with Gasteiger partial charge in [-0.2, -0.15) is 20.3 Å². The number of benzene rings is 4. The molecule has 11 rings (SSSR count). The lowest BCUT2D eigenvalue weighted by Crippen LogP contribution is -2.44. The Kier molecular flexibility index (Phi) is 12.4. The van der Waals surface area contributed by atoms with Crippen LogP contribution in [-0.2, 0) is 9.59 Å². The third-order valence-electron chi connectivity index (χ3n) is 13.6. The Morgan fingerprint density at radius 1 is 0.648 bits per heavy atom. The zero-order valence-corrected chi connectivity index (χ0v) is 39.1. The van der Waals surface area contributed by atoms with Crippen LogP contribution in [0.5, 0.6) is 0 Å². The van der Waals surface area contributed by atoms with Crippen LogP contribution in [0, 0.1) is 18.3 Å². The van der Waals surface area contributed by atoms with Gasteiger partial charge < -0.3 is 35.6 Å². The maximum atomic E-state index is 13.1. The van der Waals surface area contributed by atoms with Crippen molar-refractivity contribution in [3.8, 4) is 17.2 Å². The molecule has 19 nitrogen and oxygen atoms in total. The number of imidazole rings is 1. The number of rotatable bonds is 14. The lowest BCUT2D eigenvalue weighted by molar-refractivity contribution is -0.121. The first kappa shape index (κ1) is 44.7. The van der Waals surface area contributed by atoms with Gasteiger partial charge in [0.05, 0.1) is 34.9 Å². The molecule has 3 aliphatic heterocycles. The fourth-order valence-corrected chi connectivity index (χ4v) is 10.3. The molecule has 2 amide bonds. The highest BCUT2D eigenvalue weighted by Gasteiger charge is 2.43. The number of aryl methyl sites for hydroxylation is 1. The SMILES string of the molecule is Cc1nc2ccccc2n1C1CC2CCC(C1)N2c1ncnc(Nc2cccc(NC(=O)CCC(=O)Nc3cccc(Nc4ncnc(N5CCC(n6cc(-c7ccc(C#N)cc7)cn6)CC5)n4)c3)c2)n1. The molecule has 7 heterocycles. The number of fused-ring (bicyclic) bond motifs is 3. The summed E-state index contributed by atoms with van der Waals surface area (Å²) in [5, 5.41) is 26.1. The monoisotopic (exact) mass is 945 g/mol. The second-order valence-corrected chi connectivity index (χ2v) is 18.3. The van der Waals surface area contributed by atoms with Crippen molar-refractivity contribution < 1.29 is 9.59 Å². The fourth-order valence-electron chi connectivity index (χ4n) is 10.3. The third kappa shape index (κ3) is 9.90. The number of amides is 2. The largest absolute Gasteiger partial charge is 0.341 e. The van der Waals surface area contributed by atoms with Crippen molar-refractivity contribution in [3.63, 3.8) is 0 Å². The zero-order valence-electron chi connectivity index (χ0n) is 39.1. The summed E-state index contributed by atoms with van der Waals surface area (Å²) >= 11 is 0. The zero-order chi connectivity index (χ0) is 48.3. The number of nitrogens with zero attached hydrogens (tertiary/aromatic N) is 13. The Morgan fingerprint density at radius 2 is 1.25 bits per heavy atom. The van der Waals surface area contributed by atoms with Crippen LogP contribution in [-0.4, -0.2) is 86.2 Å². The Hall–Kier alpha value is -8.79. The van der Waals surface area contributed by atoms with Crippen LogP contribution < -0.4 is 31.1 Å². The van der Waals surface area contributed by atoms with E-state index < -0.39 is 0 Å². The number of hydrogen-bond acceptors (Lipinski definition) is 15. The van der Waals surface area contributed by atoms with Crippen molar-refractivity contribution in [3.05, 3.63) is 133 Å². The minimum absolute atomic E-state index is 0.0135. The highest BCUT2D eigenvalue weighted by molar-refractivity contribution is 5.97. The standard InChI is InChI=1S/C52H51N17O2/c1-33-59-45-10-2-3-11-46(45)68(33)44-26-42-16-17-43(27-44)69(42)52-57-32-55-50(65-52)63-40-9-5-7-38(25-40)61-48(71)19-18-47(70)60-37-6-4-8-39(24-37)62-49-54-31-56-51(64-49)66-22-20-41(21-23-66)67-30-36(29-58-67)35-14-12-34(28-53)13-15-35/h2-15,24-25,29-32,41-44H,16-23,26-27H2,1H3,(H,60,70)(H,61,71)(H,54,56,62,64)(H,55,57,63,65). The first-order valence-electron chi connectivity index (χ1n) is 24.0. The minimum atomic E-state index is -0.298. The van der Waals surface area contributed by atoms with E-state index in [1.807, 2.05) is 71.5 Å². The molecule has 0 saturated carbocycles. The van der Waals surface area contributed by atoms with Crippen molar-refractivity contribution in [1.82, 2.24) is 49.2 Å². The number of carbonyl (C=O) groups is 2. The summed E-state index contributed by atoms with van der Waals surface area (Å²) in [6.07, 6.45) is 12.8. The summed E-state index contributed by atoms with van der Waals surface area (Å²) in [5.74, 6) is 2.49. The van der Waals surface area contributed by atoms with Crippen LogP contribution in [0.2, 0.25) is 0 Å². The smallest absolute Gasteiger partial charge is 0.232 e. The molecule has 4 N–H and O–H groups in total. The van der Waals surface area contributed by atoms with E-state index >= 15 is 0 Å². The van der Waals surface area contributed by atoms with Crippen LogP contribution in [0.4, 0.5) is 46.5 Å². The van der Waals surface area contributed by atoms with Gasteiger partial charge in [0.1, 0.15) is 18.5 Å². The van der Waals surface area contributed by atoms with Gasteiger partial charge in [-0.3, -0.25) is 14.3 Å². The van der Waals surface area contributed by atoms with E-state index in [1.54, 1.807) is 24.5 Å². The average molecular weight is 946 g/mol. The molecule has 3 aliphatic rings. The summed E-state index contributed by atoms with van der Waals surface area (Å²) in [6, 6.07) is 33.8. The number of aromatic nitrogens is 10. The molecule has 3 fully saturated rings. The highest BCUT2D eigenvalue weighted by Crippen LogP contribution is 2.44. The molecular formula is C52H51N17O2. The van der Waals surface area contributed by atoms with E-state index in [0.717, 1.165) is 74.1 Å². The topological polar surface area (TPSA) is 226 Å². The average Bonchev–Trinajstić information content (AvgIpc) is 4.09. The molecule has 4 aromatic heterocycles. The van der Waals surface area contributed by atoms with Gasteiger partial charge in [-0.15, -0.1) is 0 Å². The van der Waals surface area contributed by atoms with Gasteiger partial charge in [-0.1, -0.05) is 36.4 Å². The first-order chi connectivity index (χ1) is 34.8. The second kappa shape index (κ2) is 19.7. The van der Waals surface area contributed by atoms with E-state index in [-0.39, 0.29) is 30.7 Å². The van der Waals surface area contributed by atoms with E-state index in [0.29, 0.717) is 70.2 Å². The fraction of sp³-hybridized carbons (Fsp3) is 0.288. The highest BCUT2D eigenvalue weighted by atomic mass is 16.2. The van der Waals surface area contributed by atoms with Gasteiger partial charge in [0.15, 0.2) is 0 Å². The van der Waals surface area contributed by atoms with Crippen LogP contribution >= 0.6 is 0 Å². The number of nitrogens with one attached hydrogen (secondary N) is 4. The maximum Gasteiger partial charge on any atom is 0.232 e. The van der Waals surface area contributed by atoms with Gasteiger partial charge >= 0.3 is 0 Å². The van der Waals surface area contributed by atoms with Gasteiger partial charge in [0.25, 0.3) is 0 Å². The molecule has 2 atom stereocenters. The number of hydrogen-bond donors (Lipinski definition) is 4. The number of carbonyl (C=O) groups excluding carboxylic acids is 2. The molecular weight excluding hydrogens is 895 g/mol. The van der Waals surface area contributed by atoms with Crippen LogP contribution in [0.1, 0.15) is 74.8 Å². The number of nitriles is 1. The summed E-state index contributed by atoms with van der Waals surface area (Å²) in [7, 11) is 0. The normalized spacial score (nSPS) is 17.7. The molecule has 356 valence electrons. The Bertz CT molecular complexity index is 3250. The molecule has 71 heavy (non-hydrogen) atoms. The lowest BCUT2D eigenvalue weighted by Gasteiger charge is -2.39. The molecule has 19 heteroatoms. The van der Waals surface area contributed by atoms with Gasteiger partial charge in [0.2, 0.25) is 35.6 Å². The number of piperidine rings is 2. The summed E-state index contributed by atoms with van der Waals surface area (Å²) in [6.45, 7) is 3.60. The first-order valence-corrected chi connectivity index (χ1v) is 24.0. The number of para-hydroxylation sites is 2. The predicted octanol–water partition coefficient (Wildman–Crippen LogP) is 8.51. The van der Waals surface area contributed by atoms with E-state index in [2.05, 4.69) is 98.1 Å². The quantitative estimate of drug-likeness (QED) is 0.0802. The van der Waals surface area contributed by atoms with Gasteiger partial charge in [-0.05, 0) is 112 Å². The van der Waals surface area contributed by atoms with Crippen molar-refractivity contribution in [2.24, 2.45) is 0 Å². The molecule has 0 aliphatic carbocycles. The lowest BCUT2D eigenvalue weighted by atomic mass is 9.97. The van der Waals surface area contributed by atoms with Crippen LogP contribution in [0.25, 0.3) is 22.2 Å². The van der Waals surface area contributed by atoms with E-state index in [9.17, 15) is 9.59 Å². The molecule has 2 bridgehead atoms. The van der Waals surface area contributed by atoms with Crippen molar-refractivity contribution in [2.45, 2.75) is 82.5 Å². The Labute approximate surface area is 409 Å². The second-order valence-electron chi connectivity index (χ2n) is 18.3. The molecule has 2 unspecified atom stereocenters. The van der Waals surface area contributed by atoms with E-state index in [4.69, 9.17) is 20.2 Å². The summed E-state index contributed by atoms with van der Waals surface area (Å²) < 4.78 is 4.44. The van der Waals surface area contributed by atoms with Gasteiger partial charge in [-0.25, -0.2) is 24.9 Å². The summed E-state index contributed by atoms with van der Waals surface area (Å²) in [5.41, 5.74) is 7.41. The molecule has 3 saturated heterocycles. The van der Waals surface area contributed by atoms with Gasteiger partial charge in [0, 0.05) is 78.6 Å². The van der Waals surface area contributed by atoms with E-state index in [1.165, 1.54) is 11.8 Å². The molecule has 4 aromatic carbocycles. The predicted molar refractivity (Wildman–Crippen MR) is 270 cm³/mol. The van der Waals surface area contributed by atoms with Crippen molar-refractivity contribution >= 4 is 69.4 Å². The molecule has 0 radical (unpaired) electrons. The van der Waals surface area contributed by atoms with Crippen molar-refractivity contribution in [1.29, 1.82) is 5.26 Å². The minimum Gasteiger partial charge on any atom is -0.341 e. The third-order valence-corrected chi connectivity index (χ3v) is 13.6. The Morgan fingerprint density at radius 3 is 1.90 bits per heavy atom. The Balaban J connectivity index is 0.639. The van der Waals surface area contributed by atoms with Crippen LogP contribution in [0.15, 0.2) is 122 Å².